The monoisotopic (exact) mass is 133 g/mol. The van der Waals surface area contributed by atoms with Crippen molar-refractivity contribution in [1.82, 2.24) is 0 Å². The highest BCUT2D eigenvalue weighted by atomic mass is 32.2. The Morgan fingerprint density at radius 3 is 2.75 bits per heavy atom. The van der Waals surface area contributed by atoms with Gasteiger partial charge in [0.25, 0.3) is 0 Å². The first-order chi connectivity index (χ1) is 3.80. The topological polar surface area (TPSA) is 46.2 Å². The summed E-state index contributed by atoms with van der Waals surface area (Å²) in [6.45, 7) is 0. The Morgan fingerprint density at radius 1 is 1.62 bits per heavy atom. The summed E-state index contributed by atoms with van der Waals surface area (Å²) in [5.74, 6) is 1.93. The van der Waals surface area contributed by atoms with Gasteiger partial charge in [-0.1, -0.05) is 0 Å². The van der Waals surface area contributed by atoms with Gasteiger partial charge in [-0.05, 0) is 12.2 Å². The second-order valence-electron chi connectivity index (χ2n) is 2.09. The van der Waals surface area contributed by atoms with Crippen molar-refractivity contribution in [2.45, 2.75) is 18.6 Å². The Kier molecular flexibility index (Phi) is 2.16. The van der Waals surface area contributed by atoms with Gasteiger partial charge in [0.1, 0.15) is 0 Å². The van der Waals surface area contributed by atoms with E-state index in [1.807, 2.05) is 0 Å². The molecule has 0 aromatic rings. The molecule has 0 saturated carbocycles. The van der Waals surface area contributed by atoms with Gasteiger partial charge in [0.2, 0.25) is 0 Å². The molecule has 1 heterocycles. The number of hydrogen-bond donors (Lipinski definition) is 2. The molecule has 0 aromatic carbocycles. The van der Waals surface area contributed by atoms with Crippen molar-refractivity contribution in [2.75, 3.05) is 11.5 Å². The summed E-state index contributed by atoms with van der Waals surface area (Å²) in [6.07, 6.45) is 0.708. The van der Waals surface area contributed by atoms with Crippen LogP contribution in [-0.4, -0.2) is 28.8 Å². The molecule has 0 unspecified atom stereocenters. The first-order valence-corrected chi connectivity index (χ1v) is 3.97. The molecule has 2 atom stereocenters. The Balaban J connectivity index is 2.28. The highest BCUT2D eigenvalue weighted by molar-refractivity contribution is 7.99. The molecule has 0 bridgehead atoms. The summed E-state index contributed by atoms with van der Waals surface area (Å²) >= 11 is 1.78. The van der Waals surface area contributed by atoms with Gasteiger partial charge in [-0.15, -0.1) is 0 Å². The summed E-state index contributed by atoms with van der Waals surface area (Å²) < 4.78 is 0. The van der Waals surface area contributed by atoms with Gasteiger partial charge in [-0.25, -0.2) is 0 Å². The van der Waals surface area contributed by atoms with Crippen molar-refractivity contribution in [3.8, 4) is 0 Å². The summed E-state index contributed by atoms with van der Waals surface area (Å²) in [7, 11) is 0. The number of rotatable bonds is 0. The minimum atomic E-state index is -0.256. The van der Waals surface area contributed by atoms with E-state index in [2.05, 4.69) is 0 Å². The standard InChI is InChI=1S/C5H11NOS/c6-4-1-2-8-3-5(4)7/h4-5,7H,1-3,6H2/t4-,5+/m1/s1. The fourth-order valence-electron chi connectivity index (χ4n) is 0.739. The Labute approximate surface area is 53.5 Å². The van der Waals surface area contributed by atoms with E-state index in [1.165, 1.54) is 0 Å². The van der Waals surface area contributed by atoms with Crippen LogP contribution in [-0.2, 0) is 0 Å². The lowest BCUT2D eigenvalue weighted by Gasteiger charge is -2.22. The number of hydrogen-bond acceptors (Lipinski definition) is 3. The number of aliphatic hydroxyl groups is 1. The van der Waals surface area contributed by atoms with Crippen molar-refractivity contribution in [3.05, 3.63) is 0 Å². The van der Waals surface area contributed by atoms with Crippen molar-refractivity contribution in [1.29, 1.82) is 0 Å². The molecule has 1 saturated heterocycles. The van der Waals surface area contributed by atoms with E-state index in [9.17, 15) is 0 Å². The number of nitrogens with two attached hydrogens (primary N) is 1. The first kappa shape index (κ1) is 6.39. The molecule has 1 aliphatic rings. The lowest BCUT2D eigenvalue weighted by Crippen LogP contribution is -2.39. The minimum absolute atomic E-state index is 0.0382. The van der Waals surface area contributed by atoms with Crippen molar-refractivity contribution < 1.29 is 5.11 Å². The minimum Gasteiger partial charge on any atom is -0.391 e. The Hall–Kier alpha value is 0.270. The molecular weight excluding hydrogens is 122 g/mol. The van der Waals surface area contributed by atoms with Crippen molar-refractivity contribution in [3.63, 3.8) is 0 Å². The molecule has 8 heavy (non-hydrogen) atoms. The van der Waals surface area contributed by atoms with E-state index in [0.29, 0.717) is 0 Å². The molecule has 0 radical (unpaired) electrons. The van der Waals surface area contributed by atoms with Crippen LogP contribution in [0.1, 0.15) is 6.42 Å². The highest BCUT2D eigenvalue weighted by Gasteiger charge is 2.18. The predicted octanol–water partition coefficient (Wildman–Crippen LogP) is -0.189. The summed E-state index contributed by atoms with van der Waals surface area (Å²) in [4.78, 5) is 0. The van der Waals surface area contributed by atoms with Crippen LogP contribution in [0.2, 0.25) is 0 Å². The lowest BCUT2D eigenvalue weighted by atomic mass is 10.1. The zero-order valence-electron chi connectivity index (χ0n) is 4.71. The van der Waals surface area contributed by atoms with Crippen molar-refractivity contribution in [2.24, 2.45) is 5.73 Å². The third-order valence-electron chi connectivity index (χ3n) is 1.38. The fourth-order valence-corrected chi connectivity index (χ4v) is 1.83. The van der Waals surface area contributed by atoms with Gasteiger partial charge >= 0.3 is 0 Å². The average molecular weight is 133 g/mol. The molecule has 3 N–H and O–H groups in total. The van der Waals surface area contributed by atoms with Crippen LogP contribution < -0.4 is 5.73 Å². The fraction of sp³-hybridized carbons (Fsp3) is 1.00. The maximum atomic E-state index is 9.03. The predicted molar refractivity (Wildman–Crippen MR) is 35.9 cm³/mol. The summed E-state index contributed by atoms with van der Waals surface area (Å²) in [5, 5.41) is 9.03. The lowest BCUT2D eigenvalue weighted by molar-refractivity contribution is 0.163. The molecule has 0 aliphatic carbocycles. The van der Waals surface area contributed by atoms with Crippen molar-refractivity contribution >= 4 is 11.8 Å². The zero-order chi connectivity index (χ0) is 5.98. The largest absolute Gasteiger partial charge is 0.391 e. The molecule has 0 amide bonds. The van der Waals surface area contributed by atoms with Gasteiger partial charge in [0.15, 0.2) is 0 Å². The number of aliphatic hydroxyl groups excluding tert-OH is 1. The third kappa shape index (κ3) is 1.37. The highest BCUT2D eigenvalue weighted by Crippen LogP contribution is 2.15. The van der Waals surface area contributed by atoms with E-state index in [-0.39, 0.29) is 12.1 Å². The molecule has 0 spiro atoms. The molecular formula is C5H11NOS. The summed E-state index contributed by atoms with van der Waals surface area (Å²) in [5.41, 5.74) is 5.51. The SMILES string of the molecule is N[C@@H]1CCSC[C@@H]1O. The Bertz CT molecular complexity index is 68.8. The quantitative estimate of drug-likeness (QED) is 0.481. The molecule has 1 fully saturated rings. The molecule has 0 aromatic heterocycles. The molecule has 1 aliphatic heterocycles. The van der Waals surface area contributed by atoms with Crippen LogP contribution in [0.15, 0.2) is 0 Å². The van der Waals surface area contributed by atoms with E-state index < -0.39 is 0 Å². The average Bonchev–Trinajstić information content (AvgIpc) is 1.77. The molecule has 3 heteroatoms. The van der Waals surface area contributed by atoms with Crippen LogP contribution >= 0.6 is 11.8 Å². The normalized spacial score (nSPS) is 39.8. The second kappa shape index (κ2) is 2.71. The van der Waals surface area contributed by atoms with Crippen LogP contribution in [0, 0.1) is 0 Å². The molecule has 2 nitrogen and oxygen atoms in total. The molecule has 1 rings (SSSR count). The van der Waals surface area contributed by atoms with Crippen LogP contribution in [0.4, 0.5) is 0 Å². The maximum absolute atomic E-state index is 9.03. The molecule has 48 valence electrons. The second-order valence-corrected chi connectivity index (χ2v) is 3.24. The first-order valence-electron chi connectivity index (χ1n) is 2.82. The van der Waals surface area contributed by atoms with Gasteiger partial charge in [-0.2, -0.15) is 11.8 Å². The summed E-state index contributed by atoms with van der Waals surface area (Å²) in [6, 6.07) is 0.0382. The number of thioether (sulfide) groups is 1. The third-order valence-corrected chi connectivity index (χ3v) is 2.48. The smallest absolute Gasteiger partial charge is 0.0781 e. The van der Waals surface area contributed by atoms with Crippen LogP contribution in [0.5, 0.6) is 0 Å². The van der Waals surface area contributed by atoms with E-state index in [0.717, 1.165) is 17.9 Å². The van der Waals surface area contributed by atoms with Crippen LogP contribution in [0.3, 0.4) is 0 Å². The maximum Gasteiger partial charge on any atom is 0.0781 e. The zero-order valence-corrected chi connectivity index (χ0v) is 5.53. The van der Waals surface area contributed by atoms with Crippen LogP contribution in [0.25, 0.3) is 0 Å². The van der Waals surface area contributed by atoms with E-state index >= 15 is 0 Å². The van der Waals surface area contributed by atoms with Gasteiger partial charge in [0, 0.05) is 11.8 Å². The van der Waals surface area contributed by atoms with Gasteiger partial charge < -0.3 is 10.8 Å². The van der Waals surface area contributed by atoms with Gasteiger partial charge in [0.05, 0.1) is 6.10 Å². The van der Waals surface area contributed by atoms with E-state index in [1.54, 1.807) is 11.8 Å². The Morgan fingerprint density at radius 2 is 2.38 bits per heavy atom. The van der Waals surface area contributed by atoms with E-state index in [4.69, 9.17) is 10.8 Å². The van der Waals surface area contributed by atoms with Gasteiger partial charge in [-0.3, -0.25) is 0 Å².